The molecule has 0 bridgehead atoms. The van der Waals surface area contributed by atoms with Gasteiger partial charge < -0.3 is 4.74 Å². The maximum Gasteiger partial charge on any atom is 0.429 e. The Balaban J connectivity index is 2.42. The van der Waals surface area contributed by atoms with Gasteiger partial charge in [-0.2, -0.15) is 13.2 Å². The molecular formula is C14H9BrF4N2O3. The standard InChI is InChI=1S/C14H9BrF4N2O3/c1-7-11(21(22)23)6-10(15)13(20-7)24-12(14(17,18)19)8-2-4-9(16)5-3-8/h2-6,12H,1H3. The normalized spacial score (nSPS) is 12.8. The van der Waals surface area contributed by atoms with Crippen LogP contribution in [0.2, 0.25) is 0 Å². The van der Waals surface area contributed by atoms with Gasteiger partial charge in [0.05, 0.1) is 9.40 Å². The highest BCUT2D eigenvalue weighted by molar-refractivity contribution is 9.10. The minimum absolute atomic E-state index is 0.0989. The SMILES string of the molecule is Cc1nc(OC(c2ccc(F)cc2)C(F)(F)F)c(Br)cc1[N+](=O)[O-]. The quantitative estimate of drug-likeness (QED) is 0.410. The molecule has 0 N–H and O–H groups in total. The summed E-state index contributed by atoms with van der Waals surface area (Å²) in [5, 5.41) is 10.8. The number of pyridine rings is 1. The van der Waals surface area contributed by atoms with Crippen LogP contribution < -0.4 is 4.74 Å². The molecule has 10 heteroatoms. The molecule has 2 rings (SSSR count). The van der Waals surface area contributed by atoms with Gasteiger partial charge in [0.2, 0.25) is 12.0 Å². The minimum atomic E-state index is -4.80. The lowest BCUT2D eigenvalue weighted by Gasteiger charge is -2.22. The number of benzene rings is 1. The Hall–Kier alpha value is -2.23. The monoisotopic (exact) mass is 408 g/mol. The summed E-state index contributed by atoms with van der Waals surface area (Å²) in [6.07, 6.45) is -7.20. The summed E-state index contributed by atoms with van der Waals surface area (Å²) < 4.78 is 57.5. The van der Waals surface area contributed by atoms with Crippen molar-refractivity contribution in [1.82, 2.24) is 4.98 Å². The van der Waals surface area contributed by atoms with E-state index in [1.54, 1.807) is 0 Å². The van der Waals surface area contributed by atoms with E-state index in [0.29, 0.717) is 0 Å². The average molecular weight is 409 g/mol. The molecule has 0 aliphatic carbocycles. The third-order valence-electron chi connectivity index (χ3n) is 3.00. The summed E-state index contributed by atoms with van der Waals surface area (Å²) in [5.74, 6) is -1.14. The van der Waals surface area contributed by atoms with E-state index in [4.69, 9.17) is 4.74 Å². The highest BCUT2D eigenvalue weighted by Crippen LogP contribution is 2.39. The maximum absolute atomic E-state index is 13.3. The molecule has 128 valence electrons. The summed E-state index contributed by atoms with van der Waals surface area (Å²) in [6, 6.07) is 4.65. The van der Waals surface area contributed by atoms with Crippen LogP contribution in [0.3, 0.4) is 0 Å². The molecule has 0 fully saturated rings. The van der Waals surface area contributed by atoms with Gasteiger partial charge in [0.25, 0.3) is 5.69 Å². The molecular weight excluding hydrogens is 400 g/mol. The van der Waals surface area contributed by atoms with E-state index in [1.807, 2.05) is 0 Å². The van der Waals surface area contributed by atoms with E-state index >= 15 is 0 Å². The van der Waals surface area contributed by atoms with Gasteiger partial charge in [-0.1, -0.05) is 12.1 Å². The van der Waals surface area contributed by atoms with Crippen LogP contribution >= 0.6 is 15.9 Å². The maximum atomic E-state index is 13.3. The highest BCUT2D eigenvalue weighted by atomic mass is 79.9. The van der Waals surface area contributed by atoms with E-state index in [-0.39, 0.29) is 21.4 Å². The van der Waals surface area contributed by atoms with E-state index in [1.165, 1.54) is 6.92 Å². The lowest BCUT2D eigenvalue weighted by Crippen LogP contribution is -2.26. The molecule has 24 heavy (non-hydrogen) atoms. The number of aromatic nitrogens is 1. The number of hydrogen-bond acceptors (Lipinski definition) is 4. The summed E-state index contributed by atoms with van der Waals surface area (Å²) in [6.45, 7) is 1.28. The van der Waals surface area contributed by atoms with Crippen molar-refractivity contribution in [2.75, 3.05) is 0 Å². The van der Waals surface area contributed by atoms with Crippen molar-refractivity contribution < 1.29 is 27.2 Å². The Morgan fingerprint density at radius 2 is 1.88 bits per heavy atom. The molecule has 0 aliphatic rings. The zero-order valence-electron chi connectivity index (χ0n) is 12.0. The predicted octanol–water partition coefficient (Wildman–Crippen LogP) is 4.88. The van der Waals surface area contributed by atoms with Gasteiger partial charge in [-0.05, 0) is 35.0 Å². The number of halogens is 5. The highest BCUT2D eigenvalue weighted by Gasteiger charge is 2.43. The summed E-state index contributed by atoms with van der Waals surface area (Å²) in [4.78, 5) is 13.8. The number of hydrogen-bond donors (Lipinski definition) is 0. The molecule has 1 unspecified atom stereocenters. The van der Waals surface area contributed by atoms with E-state index in [0.717, 1.165) is 30.3 Å². The second-order valence-electron chi connectivity index (χ2n) is 4.73. The minimum Gasteiger partial charge on any atom is -0.459 e. The zero-order chi connectivity index (χ0) is 18.1. The van der Waals surface area contributed by atoms with Crippen LogP contribution in [-0.4, -0.2) is 16.1 Å². The molecule has 0 radical (unpaired) electrons. The van der Waals surface area contributed by atoms with E-state index in [9.17, 15) is 27.7 Å². The lowest BCUT2D eigenvalue weighted by molar-refractivity contribution is -0.385. The Bertz CT molecular complexity index is 766. The molecule has 5 nitrogen and oxygen atoms in total. The molecule has 1 aromatic carbocycles. The summed E-state index contributed by atoms with van der Waals surface area (Å²) >= 11 is 2.91. The van der Waals surface area contributed by atoms with Crippen molar-refractivity contribution in [1.29, 1.82) is 0 Å². The fourth-order valence-corrected chi connectivity index (χ4v) is 2.29. The van der Waals surface area contributed by atoms with Gasteiger partial charge >= 0.3 is 6.18 Å². The van der Waals surface area contributed by atoms with Crippen molar-refractivity contribution >= 4 is 21.6 Å². The van der Waals surface area contributed by atoms with Crippen LogP contribution in [0.25, 0.3) is 0 Å². The van der Waals surface area contributed by atoms with Gasteiger partial charge in [-0.3, -0.25) is 10.1 Å². The van der Waals surface area contributed by atoms with Crippen LogP contribution in [0.5, 0.6) is 5.88 Å². The number of nitro groups is 1. The first-order valence-electron chi connectivity index (χ1n) is 6.40. The van der Waals surface area contributed by atoms with Crippen molar-refractivity contribution in [2.24, 2.45) is 0 Å². The van der Waals surface area contributed by atoms with Crippen LogP contribution in [0.15, 0.2) is 34.8 Å². The Kier molecular flexibility index (Phi) is 5.07. The number of aryl methyl sites for hydroxylation is 1. The Labute approximate surface area is 141 Å². The number of rotatable bonds is 4. The molecule has 0 saturated heterocycles. The van der Waals surface area contributed by atoms with Crippen molar-refractivity contribution in [3.63, 3.8) is 0 Å². The topological polar surface area (TPSA) is 65.3 Å². The van der Waals surface area contributed by atoms with Crippen LogP contribution in [-0.2, 0) is 0 Å². The molecule has 2 aromatic rings. The molecule has 1 aromatic heterocycles. The van der Waals surface area contributed by atoms with E-state index in [2.05, 4.69) is 20.9 Å². The van der Waals surface area contributed by atoms with E-state index < -0.39 is 28.9 Å². The van der Waals surface area contributed by atoms with Gasteiger partial charge in [0.15, 0.2) is 0 Å². The first kappa shape index (κ1) is 18.1. The Morgan fingerprint density at radius 3 is 2.38 bits per heavy atom. The van der Waals surface area contributed by atoms with Gasteiger partial charge in [-0.25, -0.2) is 9.37 Å². The largest absolute Gasteiger partial charge is 0.459 e. The lowest BCUT2D eigenvalue weighted by atomic mass is 10.1. The van der Waals surface area contributed by atoms with Crippen molar-refractivity contribution in [3.05, 3.63) is 62.0 Å². The molecule has 0 aliphatic heterocycles. The second-order valence-corrected chi connectivity index (χ2v) is 5.58. The third kappa shape index (κ3) is 3.99. The fraction of sp³-hybridized carbons (Fsp3) is 0.214. The second kappa shape index (κ2) is 6.71. The van der Waals surface area contributed by atoms with Gasteiger partial charge in [0.1, 0.15) is 11.5 Å². The molecule has 0 amide bonds. The molecule has 1 atom stereocenters. The van der Waals surface area contributed by atoms with Gasteiger partial charge in [-0.15, -0.1) is 0 Å². The predicted molar refractivity (Wildman–Crippen MR) is 79.2 cm³/mol. The summed E-state index contributed by atoms with van der Waals surface area (Å²) in [5.41, 5.74) is -0.786. The third-order valence-corrected chi connectivity index (χ3v) is 3.57. The van der Waals surface area contributed by atoms with Crippen molar-refractivity contribution in [2.45, 2.75) is 19.2 Å². The average Bonchev–Trinajstić information content (AvgIpc) is 2.47. The zero-order valence-corrected chi connectivity index (χ0v) is 13.6. The molecule has 0 saturated carbocycles. The van der Waals surface area contributed by atoms with Crippen LogP contribution in [0.4, 0.5) is 23.2 Å². The first-order chi connectivity index (χ1) is 11.1. The summed E-state index contributed by atoms with van der Waals surface area (Å²) in [7, 11) is 0. The van der Waals surface area contributed by atoms with Crippen LogP contribution in [0, 0.1) is 22.9 Å². The van der Waals surface area contributed by atoms with Crippen molar-refractivity contribution in [3.8, 4) is 5.88 Å². The number of alkyl halides is 3. The molecule has 0 spiro atoms. The fourth-order valence-electron chi connectivity index (χ4n) is 1.89. The Morgan fingerprint density at radius 1 is 1.29 bits per heavy atom. The first-order valence-corrected chi connectivity index (χ1v) is 7.19. The van der Waals surface area contributed by atoms with Gasteiger partial charge in [0, 0.05) is 11.6 Å². The smallest absolute Gasteiger partial charge is 0.429 e. The molecule has 1 heterocycles. The van der Waals surface area contributed by atoms with Crippen LogP contribution in [0.1, 0.15) is 17.4 Å². The number of nitrogens with zero attached hydrogens (tertiary/aromatic N) is 2. The number of ether oxygens (including phenoxy) is 1.